The number of carbonyl (C=O) groups is 2. The van der Waals surface area contributed by atoms with E-state index >= 15 is 0 Å². The van der Waals surface area contributed by atoms with E-state index in [1.165, 1.54) is 295 Å². The first kappa shape index (κ1) is 78.5. The molecule has 2 unspecified atom stereocenters. The summed E-state index contributed by atoms with van der Waals surface area (Å²) in [5.41, 5.74) is 0. The number of hydrogen-bond donors (Lipinski definition) is 1. The van der Waals surface area contributed by atoms with E-state index in [0.29, 0.717) is 23.9 Å². The number of esters is 2. The van der Waals surface area contributed by atoms with E-state index in [9.17, 15) is 19.0 Å². The maximum Gasteiger partial charge on any atom is 0.472 e. The third-order valence-electron chi connectivity index (χ3n) is 16.0. The summed E-state index contributed by atoms with van der Waals surface area (Å²) in [6, 6.07) is 0. The number of hydrogen-bond acceptors (Lipinski definition) is 7. The zero-order chi connectivity index (χ0) is 58.4. The normalized spacial score (nSPS) is 13.2. The van der Waals surface area contributed by atoms with Crippen LogP contribution in [0.3, 0.4) is 0 Å². The van der Waals surface area contributed by atoms with E-state index in [4.69, 9.17) is 18.5 Å². The Morgan fingerprint density at radius 3 is 0.925 bits per heavy atom. The van der Waals surface area contributed by atoms with Gasteiger partial charge in [0, 0.05) is 12.8 Å². The molecule has 0 rings (SSSR count). The van der Waals surface area contributed by atoms with Crippen LogP contribution < -0.4 is 0 Å². The predicted octanol–water partition coefficient (Wildman–Crippen LogP) is 22.5. The van der Waals surface area contributed by atoms with Gasteiger partial charge in [-0.3, -0.25) is 18.6 Å². The molecule has 0 aromatic heterocycles. The lowest BCUT2D eigenvalue weighted by atomic mass is 10.0. The van der Waals surface area contributed by atoms with Crippen LogP contribution in [0.1, 0.15) is 361 Å². The molecule has 0 fully saturated rings. The van der Waals surface area contributed by atoms with E-state index < -0.39 is 26.5 Å². The van der Waals surface area contributed by atoms with Gasteiger partial charge in [0.15, 0.2) is 6.10 Å². The third-order valence-corrected chi connectivity index (χ3v) is 16.9. The first-order valence-corrected chi connectivity index (χ1v) is 36.6. The smallest absolute Gasteiger partial charge is 0.462 e. The Balaban J connectivity index is 3.95. The number of nitrogens with zero attached hydrogens (tertiary/aromatic N) is 1. The summed E-state index contributed by atoms with van der Waals surface area (Å²) >= 11 is 0. The molecule has 0 saturated heterocycles. The quantitative estimate of drug-likeness (QED) is 0.0211. The molecule has 0 bridgehead atoms. The van der Waals surface area contributed by atoms with Gasteiger partial charge in [0.2, 0.25) is 0 Å². The molecular weight excluding hydrogens is 1010 g/mol. The number of rotatable bonds is 66. The van der Waals surface area contributed by atoms with Gasteiger partial charge in [-0.05, 0) is 64.2 Å². The number of allylic oxidation sites excluding steroid dienone is 4. The van der Waals surface area contributed by atoms with Crippen molar-refractivity contribution in [3.05, 3.63) is 24.3 Å². The zero-order valence-electron chi connectivity index (χ0n) is 54.1. The van der Waals surface area contributed by atoms with Crippen LogP contribution in [0.15, 0.2) is 24.3 Å². The largest absolute Gasteiger partial charge is 0.472 e. The van der Waals surface area contributed by atoms with Gasteiger partial charge in [0.1, 0.15) is 19.8 Å². The van der Waals surface area contributed by atoms with Crippen LogP contribution >= 0.6 is 7.82 Å². The minimum Gasteiger partial charge on any atom is -0.462 e. The molecule has 0 saturated carbocycles. The maximum absolute atomic E-state index is 12.9. The van der Waals surface area contributed by atoms with Crippen molar-refractivity contribution in [3.63, 3.8) is 0 Å². The zero-order valence-corrected chi connectivity index (χ0v) is 55.0. The molecule has 10 heteroatoms. The standard InChI is InChI=1S/C70H136NO8P/c1-6-8-10-12-14-16-18-20-22-24-26-28-29-30-31-32-33-34-35-36-37-38-39-40-41-43-45-47-49-51-53-55-57-59-61-63-70(73)79-68(67-78-80(74,75)77-65-64-71(3,4)5)66-76-69(72)62-60-58-56-54-52-50-48-46-44-42-27-25-23-21-19-17-15-13-11-9-7-2/h24-27,68H,6-23,28-67H2,1-5H3/p+1/b26-24-,27-25-. The molecule has 0 spiro atoms. The third kappa shape index (κ3) is 65.6. The molecule has 474 valence electrons. The Kier molecular flexibility index (Phi) is 60.9. The van der Waals surface area contributed by atoms with Crippen LogP contribution in [-0.4, -0.2) is 74.9 Å². The molecular formula is C70H137NO8P+. The molecule has 0 heterocycles. The van der Waals surface area contributed by atoms with Crippen molar-refractivity contribution in [3.8, 4) is 0 Å². The van der Waals surface area contributed by atoms with E-state index in [2.05, 4.69) is 38.2 Å². The number of carbonyl (C=O) groups excluding carboxylic acids is 2. The van der Waals surface area contributed by atoms with E-state index in [1.54, 1.807) is 0 Å². The highest BCUT2D eigenvalue weighted by molar-refractivity contribution is 7.47. The molecule has 80 heavy (non-hydrogen) atoms. The SMILES string of the molecule is CCCCCCCCCC/C=C\CCCCCCCCCCCCCCCCCCCCCCCCCC(=O)OC(COC(=O)CCCCCCCCCCC/C=C\CCCCCCCCCC)COP(=O)(O)OCC[N+](C)(C)C. The first-order chi connectivity index (χ1) is 39.0. The van der Waals surface area contributed by atoms with Crippen LogP contribution in [0.2, 0.25) is 0 Å². The second-order valence-electron chi connectivity index (χ2n) is 25.3. The molecule has 0 aliphatic carbocycles. The molecule has 0 aromatic carbocycles. The highest BCUT2D eigenvalue weighted by Gasteiger charge is 2.27. The number of phosphoric acid groups is 1. The fraction of sp³-hybridized carbons (Fsp3) is 0.914. The van der Waals surface area contributed by atoms with Crippen molar-refractivity contribution in [2.24, 2.45) is 0 Å². The van der Waals surface area contributed by atoms with Crippen molar-refractivity contribution in [2.45, 2.75) is 367 Å². The molecule has 0 aromatic rings. The lowest BCUT2D eigenvalue weighted by molar-refractivity contribution is -0.870. The summed E-state index contributed by atoms with van der Waals surface area (Å²) in [6.07, 6.45) is 77.2. The Bertz CT molecular complexity index is 1400. The molecule has 1 N–H and O–H groups in total. The lowest BCUT2D eigenvalue weighted by Crippen LogP contribution is -2.37. The summed E-state index contributed by atoms with van der Waals surface area (Å²) in [6.45, 7) is 4.50. The average Bonchev–Trinajstić information content (AvgIpc) is 3.42. The minimum atomic E-state index is -4.39. The number of phosphoric ester groups is 1. The lowest BCUT2D eigenvalue weighted by Gasteiger charge is -2.24. The fourth-order valence-corrected chi connectivity index (χ4v) is 11.3. The molecule has 0 radical (unpaired) electrons. The summed E-state index contributed by atoms with van der Waals surface area (Å²) in [7, 11) is 1.50. The van der Waals surface area contributed by atoms with Crippen LogP contribution in [0.4, 0.5) is 0 Å². The highest BCUT2D eigenvalue weighted by atomic mass is 31.2. The highest BCUT2D eigenvalue weighted by Crippen LogP contribution is 2.43. The van der Waals surface area contributed by atoms with Crippen molar-refractivity contribution < 1.29 is 42.1 Å². The van der Waals surface area contributed by atoms with E-state index in [1.807, 2.05) is 21.1 Å². The predicted molar refractivity (Wildman–Crippen MR) is 344 cm³/mol. The van der Waals surface area contributed by atoms with Crippen LogP contribution in [-0.2, 0) is 32.7 Å². The Hall–Kier alpha value is -1.51. The molecule has 0 aliphatic heterocycles. The van der Waals surface area contributed by atoms with Crippen LogP contribution in [0.5, 0.6) is 0 Å². The first-order valence-electron chi connectivity index (χ1n) is 35.1. The molecule has 0 amide bonds. The van der Waals surface area contributed by atoms with Gasteiger partial charge < -0.3 is 18.9 Å². The minimum absolute atomic E-state index is 0.0347. The number of ether oxygens (including phenoxy) is 2. The van der Waals surface area contributed by atoms with Gasteiger partial charge in [-0.15, -0.1) is 0 Å². The van der Waals surface area contributed by atoms with Gasteiger partial charge in [-0.1, -0.05) is 308 Å². The van der Waals surface area contributed by atoms with Crippen molar-refractivity contribution in [1.82, 2.24) is 0 Å². The van der Waals surface area contributed by atoms with E-state index in [0.717, 1.165) is 32.1 Å². The summed E-state index contributed by atoms with van der Waals surface area (Å²) in [5, 5.41) is 0. The topological polar surface area (TPSA) is 108 Å². The van der Waals surface area contributed by atoms with Gasteiger partial charge in [0.05, 0.1) is 27.7 Å². The van der Waals surface area contributed by atoms with Gasteiger partial charge in [-0.25, -0.2) is 4.57 Å². The number of unbranched alkanes of at least 4 members (excludes halogenated alkanes) is 48. The molecule has 2 atom stereocenters. The second-order valence-corrected chi connectivity index (χ2v) is 26.7. The Morgan fingerprint density at radius 2 is 0.637 bits per heavy atom. The van der Waals surface area contributed by atoms with Crippen molar-refractivity contribution in [2.75, 3.05) is 47.5 Å². The maximum atomic E-state index is 12.9. The number of likely N-dealkylation sites (N-methyl/N-ethyl adjacent to an activating group) is 1. The Morgan fingerprint density at radius 1 is 0.375 bits per heavy atom. The van der Waals surface area contributed by atoms with E-state index in [-0.39, 0.29) is 25.6 Å². The Labute approximate surface area is 498 Å². The van der Waals surface area contributed by atoms with Crippen molar-refractivity contribution >= 4 is 19.8 Å². The second kappa shape index (κ2) is 62.0. The number of quaternary nitrogens is 1. The van der Waals surface area contributed by atoms with Gasteiger partial charge in [0.25, 0.3) is 0 Å². The van der Waals surface area contributed by atoms with Crippen LogP contribution in [0.25, 0.3) is 0 Å². The molecule has 9 nitrogen and oxygen atoms in total. The molecule has 0 aliphatic rings. The summed E-state index contributed by atoms with van der Waals surface area (Å²) in [4.78, 5) is 35.8. The fourth-order valence-electron chi connectivity index (χ4n) is 10.5. The monoisotopic (exact) mass is 1150 g/mol. The van der Waals surface area contributed by atoms with Gasteiger partial charge >= 0.3 is 19.8 Å². The average molecular weight is 1150 g/mol. The van der Waals surface area contributed by atoms with Gasteiger partial charge in [-0.2, -0.15) is 0 Å². The van der Waals surface area contributed by atoms with Crippen molar-refractivity contribution in [1.29, 1.82) is 0 Å². The van der Waals surface area contributed by atoms with Crippen LogP contribution in [0, 0.1) is 0 Å². The summed E-state index contributed by atoms with van der Waals surface area (Å²) in [5.74, 6) is -0.779. The summed E-state index contributed by atoms with van der Waals surface area (Å²) < 4.78 is 34.7.